The van der Waals surface area contributed by atoms with E-state index >= 15 is 0 Å². The molecule has 0 spiro atoms. The van der Waals surface area contributed by atoms with Gasteiger partial charge in [-0.15, -0.1) is 0 Å². The van der Waals surface area contributed by atoms with E-state index in [1.165, 1.54) is 11.4 Å². The SMILES string of the molecule is COC(=O)C1CCN(S(=O)(=O)NC2(C)CCNC2)CC1. The van der Waals surface area contributed by atoms with E-state index in [-0.39, 0.29) is 11.9 Å². The molecule has 2 aliphatic heterocycles. The van der Waals surface area contributed by atoms with Crippen LogP contribution in [0, 0.1) is 5.92 Å². The molecule has 0 aromatic carbocycles. The molecule has 2 rings (SSSR count). The zero-order valence-corrected chi connectivity index (χ0v) is 12.8. The van der Waals surface area contributed by atoms with E-state index in [0.717, 1.165) is 13.0 Å². The fourth-order valence-corrected chi connectivity index (χ4v) is 4.40. The summed E-state index contributed by atoms with van der Waals surface area (Å²) < 4.78 is 33.6. The Bertz CT molecular complexity index is 451. The lowest BCUT2D eigenvalue weighted by atomic mass is 9.99. The molecular weight excluding hydrogens is 282 g/mol. The van der Waals surface area contributed by atoms with Gasteiger partial charge in [0.1, 0.15) is 0 Å². The summed E-state index contributed by atoms with van der Waals surface area (Å²) in [5, 5.41) is 3.16. The van der Waals surface area contributed by atoms with Crippen LogP contribution in [0.2, 0.25) is 0 Å². The number of carbonyl (C=O) groups is 1. The van der Waals surface area contributed by atoms with Crippen LogP contribution in [0.25, 0.3) is 0 Å². The van der Waals surface area contributed by atoms with Crippen molar-refractivity contribution < 1.29 is 17.9 Å². The largest absolute Gasteiger partial charge is 0.469 e. The number of nitrogens with one attached hydrogen (secondary N) is 2. The molecular formula is C12H23N3O4S. The predicted octanol–water partition coefficient (Wildman–Crippen LogP) is -0.542. The molecule has 2 N–H and O–H groups in total. The van der Waals surface area contributed by atoms with E-state index in [0.29, 0.717) is 32.5 Å². The summed E-state index contributed by atoms with van der Waals surface area (Å²) >= 11 is 0. The number of piperidine rings is 1. The Labute approximate surface area is 120 Å². The van der Waals surface area contributed by atoms with Gasteiger partial charge in [0.2, 0.25) is 0 Å². The van der Waals surface area contributed by atoms with Gasteiger partial charge in [-0.3, -0.25) is 4.79 Å². The summed E-state index contributed by atoms with van der Waals surface area (Å²) in [6, 6.07) is 0. The number of hydrogen-bond acceptors (Lipinski definition) is 5. The molecule has 0 saturated carbocycles. The third-order valence-electron chi connectivity index (χ3n) is 4.07. The molecule has 2 aliphatic rings. The number of ether oxygens (including phenoxy) is 1. The summed E-state index contributed by atoms with van der Waals surface area (Å²) in [4.78, 5) is 11.4. The first-order valence-corrected chi connectivity index (χ1v) is 8.38. The van der Waals surface area contributed by atoms with Gasteiger partial charge in [0.05, 0.1) is 13.0 Å². The van der Waals surface area contributed by atoms with Crippen molar-refractivity contribution >= 4 is 16.2 Å². The van der Waals surface area contributed by atoms with Crippen LogP contribution in [0.3, 0.4) is 0 Å². The molecule has 116 valence electrons. The monoisotopic (exact) mass is 305 g/mol. The van der Waals surface area contributed by atoms with Gasteiger partial charge in [-0.1, -0.05) is 0 Å². The number of methoxy groups -OCH3 is 1. The van der Waals surface area contributed by atoms with Crippen LogP contribution < -0.4 is 10.0 Å². The fraction of sp³-hybridized carbons (Fsp3) is 0.917. The zero-order valence-electron chi connectivity index (χ0n) is 12.0. The lowest BCUT2D eigenvalue weighted by molar-refractivity contribution is -0.146. The van der Waals surface area contributed by atoms with Crippen molar-refractivity contribution in [2.45, 2.75) is 31.7 Å². The number of carbonyl (C=O) groups excluding carboxylic acids is 1. The Hall–Kier alpha value is -0.700. The lowest BCUT2D eigenvalue weighted by Crippen LogP contribution is -2.54. The van der Waals surface area contributed by atoms with Gasteiger partial charge < -0.3 is 10.1 Å². The fourth-order valence-electron chi connectivity index (χ4n) is 2.78. The first kappa shape index (κ1) is 15.7. The van der Waals surface area contributed by atoms with Gasteiger partial charge in [-0.2, -0.15) is 17.4 Å². The highest BCUT2D eigenvalue weighted by Gasteiger charge is 2.37. The predicted molar refractivity (Wildman–Crippen MR) is 74.3 cm³/mol. The van der Waals surface area contributed by atoms with E-state index in [1.807, 2.05) is 6.92 Å². The molecule has 2 saturated heterocycles. The third kappa shape index (κ3) is 3.49. The van der Waals surface area contributed by atoms with Crippen LogP contribution in [-0.2, 0) is 19.7 Å². The molecule has 0 aromatic rings. The van der Waals surface area contributed by atoms with E-state index in [9.17, 15) is 13.2 Å². The second-order valence-electron chi connectivity index (χ2n) is 5.79. The van der Waals surface area contributed by atoms with Gasteiger partial charge in [-0.25, -0.2) is 0 Å². The first-order valence-electron chi connectivity index (χ1n) is 6.94. The van der Waals surface area contributed by atoms with Crippen LogP contribution in [0.15, 0.2) is 0 Å². The summed E-state index contributed by atoms with van der Waals surface area (Å²) in [5.74, 6) is -0.433. The Morgan fingerprint density at radius 3 is 2.55 bits per heavy atom. The molecule has 0 aliphatic carbocycles. The quantitative estimate of drug-likeness (QED) is 0.681. The highest BCUT2D eigenvalue weighted by molar-refractivity contribution is 7.87. The Morgan fingerprint density at radius 2 is 2.05 bits per heavy atom. The third-order valence-corrected chi connectivity index (χ3v) is 5.87. The molecule has 8 heteroatoms. The second kappa shape index (κ2) is 5.97. The van der Waals surface area contributed by atoms with Gasteiger partial charge in [0, 0.05) is 25.2 Å². The van der Waals surface area contributed by atoms with Crippen molar-refractivity contribution in [2.24, 2.45) is 5.92 Å². The van der Waals surface area contributed by atoms with Crippen LogP contribution in [-0.4, -0.2) is 57.5 Å². The Morgan fingerprint density at radius 1 is 1.40 bits per heavy atom. The summed E-state index contributed by atoms with van der Waals surface area (Å²) in [7, 11) is -2.13. The topological polar surface area (TPSA) is 87.7 Å². The Kier molecular flexibility index (Phi) is 4.68. The molecule has 0 bridgehead atoms. The molecule has 1 unspecified atom stereocenters. The second-order valence-corrected chi connectivity index (χ2v) is 7.46. The van der Waals surface area contributed by atoms with E-state index < -0.39 is 15.7 Å². The molecule has 20 heavy (non-hydrogen) atoms. The smallest absolute Gasteiger partial charge is 0.308 e. The average Bonchev–Trinajstić information content (AvgIpc) is 2.83. The minimum Gasteiger partial charge on any atom is -0.469 e. The highest BCUT2D eigenvalue weighted by Crippen LogP contribution is 2.22. The summed E-state index contributed by atoms with van der Waals surface area (Å²) in [5.41, 5.74) is -0.419. The maximum Gasteiger partial charge on any atom is 0.308 e. The van der Waals surface area contributed by atoms with Gasteiger partial charge in [0.25, 0.3) is 10.2 Å². The molecule has 7 nitrogen and oxygen atoms in total. The van der Waals surface area contributed by atoms with Gasteiger partial charge >= 0.3 is 5.97 Å². The minimum atomic E-state index is -3.49. The normalized spacial score (nSPS) is 29.5. The number of nitrogens with zero attached hydrogens (tertiary/aromatic N) is 1. The van der Waals surface area contributed by atoms with Crippen molar-refractivity contribution in [3.05, 3.63) is 0 Å². The maximum atomic E-state index is 12.4. The minimum absolute atomic E-state index is 0.185. The van der Waals surface area contributed by atoms with Crippen molar-refractivity contribution in [3.63, 3.8) is 0 Å². The molecule has 0 radical (unpaired) electrons. The summed E-state index contributed by atoms with van der Waals surface area (Å²) in [6.07, 6.45) is 1.82. The van der Waals surface area contributed by atoms with Gasteiger partial charge in [0.15, 0.2) is 0 Å². The number of esters is 1. The molecule has 2 heterocycles. The molecule has 2 fully saturated rings. The van der Waals surface area contributed by atoms with Gasteiger partial charge in [-0.05, 0) is 32.7 Å². The Balaban J connectivity index is 1.93. The lowest BCUT2D eigenvalue weighted by Gasteiger charge is -2.33. The molecule has 0 aromatic heterocycles. The average molecular weight is 305 g/mol. The van der Waals surface area contributed by atoms with Crippen molar-refractivity contribution in [2.75, 3.05) is 33.3 Å². The number of rotatable bonds is 4. The van der Waals surface area contributed by atoms with E-state index in [4.69, 9.17) is 4.74 Å². The van der Waals surface area contributed by atoms with Crippen LogP contribution in [0.5, 0.6) is 0 Å². The first-order chi connectivity index (χ1) is 9.36. The zero-order chi connectivity index (χ0) is 14.8. The maximum absolute atomic E-state index is 12.4. The summed E-state index contributed by atoms with van der Waals surface area (Å²) in [6.45, 7) is 4.09. The van der Waals surface area contributed by atoms with Crippen LogP contribution in [0.1, 0.15) is 26.2 Å². The van der Waals surface area contributed by atoms with Crippen molar-refractivity contribution in [1.82, 2.24) is 14.3 Å². The highest BCUT2D eigenvalue weighted by atomic mass is 32.2. The van der Waals surface area contributed by atoms with Crippen molar-refractivity contribution in [3.8, 4) is 0 Å². The molecule has 1 atom stereocenters. The van der Waals surface area contributed by atoms with E-state index in [1.54, 1.807) is 0 Å². The standard InChI is InChI=1S/C12H23N3O4S/c1-12(5-6-13-9-12)14-20(17,18)15-7-3-10(4-8-15)11(16)19-2/h10,13-14H,3-9H2,1-2H3. The van der Waals surface area contributed by atoms with Crippen LogP contribution in [0.4, 0.5) is 0 Å². The van der Waals surface area contributed by atoms with E-state index in [2.05, 4.69) is 10.0 Å². The van der Waals surface area contributed by atoms with Crippen molar-refractivity contribution in [1.29, 1.82) is 0 Å². The molecule has 0 amide bonds. The number of hydrogen-bond donors (Lipinski definition) is 2. The van der Waals surface area contributed by atoms with Crippen LogP contribution >= 0.6 is 0 Å².